The summed E-state index contributed by atoms with van der Waals surface area (Å²) in [6.07, 6.45) is -1.64. The molecule has 2 rings (SSSR count). The van der Waals surface area contributed by atoms with E-state index in [9.17, 15) is 0 Å². The van der Waals surface area contributed by atoms with E-state index in [1.54, 1.807) is 6.07 Å². The third-order valence-electron chi connectivity index (χ3n) is 3.28. The number of hydrogen-bond donors (Lipinski definition) is 0. The summed E-state index contributed by atoms with van der Waals surface area (Å²) >= 11 is 0. The molecular weight excluding hydrogens is 270 g/mol. The van der Waals surface area contributed by atoms with Gasteiger partial charge in [0.15, 0.2) is 0 Å². The van der Waals surface area contributed by atoms with Crippen LogP contribution in [-0.4, -0.2) is 13.1 Å². The normalized spacial score (nSPS) is 16.8. The molecule has 0 saturated carbocycles. The van der Waals surface area contributed by atoms with Crippen LogP contribution in [0.2, 0.25) is 19.6 Å². The van der Waals surface area contributed by atoms with Crippen molar-refractivity contribution in [1.29, 1.82) is 0 Å². The Morgan fingerprint density at radius 1 is 1.19 bits per heavy atom. The van der Waals surface area contributed by atoms with E-state index in [0.717, 1.165) is 5.56 Å². The fourth-order valence-electron chi connectivity index (χ4n) is 2.49. The van der Waals surface area contributed by atoms with Crippen LogP contribution >= 0.6 is 0 Å². The monoisotopic (exact) mass is 302 g/mol. The predicted molar refractivity (Wildman–Crippen MR) is 95.9 cm³/mol. The van der Waals surface area contributed by atoms with Crippen molar-refractivity contribution in [3.8, 4) is 11.3 Å². The van der Waals surface area contributed by atoms with Gasteiger partial charge in [0, 0.05) is 18.1 Å². The Hall–Kier alpha value is -1.41. The van der Waals surface area contributed by atoms with E-state index >= 15 is 0 Å². The van der Waals surface area contributed by atoms with Crippen LogP contribution in [0.4, 0.5) is 0 Å². The highest BCUT2D eigenvalue weighted by Gasteiger charge is 2.24. The number of rotatable bonds is 4. The van der Waals surface area contributed by atoms with Gasteiger partial charge in [-0.15, -0.1) is 0 Å². The van der Waals surface area contributed by atoms with Gasteiger partial charge in [0.1, 0.15) is 0 Å². The first kappa shape index (κ1) is 10.3. The number of nitrogens with zero attached hydrogens (tertiary/aromatic N) is 1. The molecule has 0 unspecified atom stereocenters. The zero-order valence-corrected chi connectivity index (χ0v) is 14.5. The quantitative estimate of drug-likeness (QED) is 0.739. The number of benzene rings is 1. The molecule has 0 saturated heterocycles. The van der Waals surface area contributed by atoms with Crippen molar-refractivity contribution >= 4 is 13.3 Å². The van der Waals surface area contributed by atoms with Crippen molar-refractivity contribution < 1.29 is 6.85 Å². The Kier molecular flexibility index (Phi) is 3.02. The molecule has 1 aromatic carbocycles. The maximum atomic E-state index is 8.68. The lowest BCUT2D eigenvalue weighted by molar-refractivity contribution is 0.648. The van der Waals surface area contributed by atoms with Gasteiger partial charge in [-0.2, -0.15) is 0 Å². The fourth-order valence-corrected chi connectivity index (χ4v) is 4.20. The van der Waals surface area contributed by atoms with Gasteiger partial charge in [-0.1, -0.05) is 63.8 Å². The average Bonchev–Trinajstić information content (AvgIpc) is 2.52. The Morgan fingerprint density at radius 3 is 2.38 bits per heavy atom. The second-order valence-electron chi connectivity index (χ2n) is 6.69. The van der Waals surface area contributed by atoms with Crippen LogP contribution in [0.5, 0.6) is 0 Å². The standard InChI is InChI=1S/C19H27NSi/c1-14(2)12-17-13-18(16-10-8-7-9-11-16)20-15(3)19(17)21(4,5)6/h7-11,13-14H,12H2,1-6H3/i3D3,12D2. The van der Waals surface area contributed by atoms with Gasteiger partial charge in [-0.05, 0) is 36.0 Å². The lowest BCUT2D eigenvalue weighted by Crippen LogP contribution is -2.43. The predicted octanol–water partition coefficient (Wildman–Crippen LogP) is 4.80. The Labute approximate surface area is 137 Å². The third-order valence-corrected chi connectivity index (χ3v) is 5.29. The molecule has 0 aliphatic heterocycles. The minimum Gasteiger partial charge on any atom is -0.253 e. The van der Waals surface area contributed by atoms with E-state index < -0.39 is 21.3 Å². The molecule has 0 amide bonds. The summed E-state index contributed by atoms with van der Waals surface area (Å²) in [6.45, 7) is 7.39. The van der Waals surface area contributed by atoms with Crippen molar-refractivity contribution in [2.45, 2.75) is 46.7 Å². The van der Waals surface area contributed by atoms with Crippen LogP contribution in [0.1, 0.15) is 32.0 Å². The molecular formula is C19H27NSi. The molecule has 0 aliphatic carbocycles. The number of pyridine rings is 1. The third kappa shape index (κ3) is 3.82. The van der Waals surface area contributed by atoms with Gasteiger partial charge in [0.2, 0.25) is 0 Å². The molecule has 0 aliphatic rings. The number of hydrogen-bond acceptors (Lipinski definition) is 1. The summed E-state index contributed by atoms with van der Waals surface area (Å²) in [7, 11) is -2.17. The van der Waals surface area contributed by atoms with Crippen LogP contribution in [0.15, 0.2) is 36.4 Å². The molecule has 2 heteroatoms. The average molecular weight is 303 g/mol. The van der Waals surface area contributed by atoms with E-state index in [-0.39, 0.29) is 11.6 Å². The molecule has 0 spiro atoms. The minimum absolute atomic E-state index is 0.0533. The molecule has 0 radical (unpaired) electrons. The van der Waals surface area contributed by atoms with Crippen molar-refractivity contribution in [1.82, 2.24) is 4.98 Å². The highest BCUT2D eigenvalue weighted by molar-refractivity contribution is 6.89. The smallest absolute Gasteiger partial charge is 0.0803 e. The number of aromatic nitrogens is 1. The van der Waals surface area contributed by atoms with E-state index in [0.29, 0.717) is 16.4 Å². The largest absolute Gasteiger partial charge is 0.253 e. The van der Waals surface area contributed by atoms with Crippen LogP contribution in [-0.2, 0) is 6.37 Å². The van der Waals surface area contributed by atoms with Gasteiger partial charge in [-0.25, -0.2) is 0 Å². The summed E-state index contributed by atoms with van der Waals surface area (Å²) in [5.74, 6) is -0.284. The molecule has 1 aromatic heterocycles. The first-order valence-corrected chi connectivity index (χ1v) is 10.9. The van der Waals surface area contributed by atoms with E-state index in [1.165, 1.54) is 0 Å². The van der Waals surface area contributed by atoms with E-state index in [4.69, 9.17) is 6.85 Å². The molecule has 112 valence electrons. The lowest BCUT2D eigenvalue weighted by Gasteiger charge is -2.25. The van der Waals surface area contributed by atoms with Gasteiger partial charge in [0.25, 0.3) is 0 Å². The molecule has 1 nitrogen and oxygen atoms in total. The molecule has 1 heterocycles. The maximum Gasteiger partial charge on any atom is 0.0803 e. The van der Waals surface area contributed by atoms with Crippen molar-refractivity contribution in [2.75, 3.05) is 0 Å². The molecule has 0 atom stereocenters. The van der Waals surface area contributed by atoms with Crippen molar-refractivity contribution in [3.63, 3.8) is 0 Å². The van der Waals surface area contributed by atoms with Crippen molar-refractivity contribution in [2.24, 2.45) is 5.92 Å². The van der Waals surface area contributed by atoms with E-state index in [1.807, 2.05) is 63.8 Å². The summed E-state index contributed by atoms with van der Waals surface area (Å²) in [5.41, 5.74) is 1.84. The van der Waals surface area contributed by atoms with Crippen LogP contribution < -0.4 is 5.19 Å². The second-order valence-corrected chi connectivity index (χ2v) is 11.7. The molecule has 0 N–H and O–H groups in total. The first-order valence-electron chi connectivity index (χ1n) is 9.88. The van der Waals surface area contributed by atoms with Gasteiger partial charge >= 0.3 is 0 Å². The van der Waals surface area contributed by atoms with Crippen molar-refractivity contribution in [3.05, 3.63) is 47.7 Å². The first-order chi connectivity index (χ1) is 11.8. The summed E-state index contributed by atoms with van der Waals surface area (Å²) in [5, 5.41) is 0.621. The second kappa shape index (κ2) is 6.14. The lowest BCUT2D eigenvalue weighted by atomic mass is 10.0. The topological polar surface area (TPSA) is 12.9 Å². The van der Waals surface area contributed by atoms with Crippen LogP contribution in [0.25, 0.3) is 11.3 Å². The highest BCUT2D eigenvalue weighted by atomic mass is 28.3. The van der Waals surface area contributed by atoms with Gasteiger partial charge in [-0.3, -0.25) is 4.98 Å². The fraction of sp³-hybridized carbons (Fsp3) is 0.421. The van der Waals surface area contributed by atoms with Gasteiger partial charge in [0.05, 0.1) is 13.8 Å². The highest BCUT2D eigenvalue weighted by Crippen LogP contribution is 2.22. The minimum atomic E-state index is -2.39. The molecule has 21 heavy (non-hydrogen) atoms. The maximum absolute atomic E-state index is 8.68. The molecule has 0 bridgehead atoms. The summed E-state index contributed by atoms with van der Waals surface area (Å²) in [4.78, 5) is 4.52. The Bertz CT molecular complexity index is 777. The Balaban J connectivity index is 2.95. The molecule has 2 aromatic rings. The molecule has 0 fully saturated rings. The van der Waals surface area contributed by atoms with Gasteiger partial charge < -0.3 is 0 Å². The summed E-state index contributed by atoms with van der Waals surface area (Å²) < 4.78 is 41.5. The zero-order chi connectivity index (χ0) is 19.9. The zero-order valence-electron chi connectivity index (χ0n) is 18.5. The van der Waals surface area contributed by atoms with E-state index in [2.05, 4.69) is 4.98 Å². The Morgan fingerprint density at radius 2 is 1.86 bits per heavy atom. The van der Waals surface area contributed by atoms with Crippen LogP contribution in [0.3, 0.4) is 0 Å². The SMILES string of the molecule is [2H]C([2H])([2H])c1nc(-c2ccccc2)cc(C([2H])([2H])C(C)C)c1[Si](C)(C)C. The van der Waals surface area contributed by atoms with Crippen LogP contribution in [0, 0.1) is 12.8 Å². The summed E-state index contributed by atoms with van der Waals surface area (Å²) in [6, 6.07) is 11.1. The number of aryl methyl sites for hydroxylation is 1.